The second kappa shape index (κ2) is 14.5. The Bertz CT molecular complexity index is 1530. The van der Waals surface area contributed by atoms with Gasteiger partial charge < -0.3 is 35.0 Å². The maximum atomic E-state index is 14.2. The highest BCUT2D eigenvalue weighted by molar-refractivity contribution is 5.96. The van der Waals surface area contributed by atoms with E-state index < -0.39 is 71.4 Å². The SMILES string of the molecule is O=C(N[C@H]1CCCCC/C=C\[C@@H]2C[C@@]2(C(=O)O)NC(=O)C2C[C@@H](OC(=O)N3CCc4cccc(C(F)(F)F)c4C3)CN2C1=O)OC1CCCC1. The van der Waals surface area contributed by atoms with E-state index in [1.54, 1.807) is 12.1 Å². The molecule has 2 aliphatic carbocycles. The Kier molecular flexibility index (Phi) is 10.3. The summed E-state index contributed by atoms with van der Waals surface area (Å²) in [4.78, 5) is 69.0. The molecule has 272 valence electrons. The second-order valence-electron chi connectivity index (χ2n) is 14.0. The Balaban J connectivity index is 1.21. The number of benzene rings is 1. The van der Waals surface area contributed by atoms with E-state index in [1.807, 2.05) is 6.08 Å². The number of aliphatic carboxylic acids is 1. The number of alkyl halides is 3. The van der Waals surface area contributed by atoms with Gasteiger partial charge in [0.05, 0.1) is 12.1 Å². The zero-order valence-electron chi connectivity index (χ0n) is 27.7. The first-order valence-electron chi connectivity index (χ1n) is 17.5. The molecule has 1 unspecified atom stereocenters. The maximum absolute atomic E-state index is 14.2. The Morgan fingerprint density at radius 2 is 1.76 bits per heavy atom. The van der Waals surface area contributed by atoms with Gasteiger partial charge in [0.2, 0.25) is 11.8 Å². The molecule has 12 nitrogen and oxygen atoms in total. The predicted molar refractivity (Wildman–Crippen MR) is 170 cm³/mol. The number of halogens is 3. The van der Waals surface area contributed by atoms with E-state index in [1.165, 1.54) is 15.9 Å². The molecule has 1 aromatic carbocycles. The number of hydrogen-bond acceptors (Lipinski definition) is 7. The van der Waals surface area contributed by atoms with Crippen molar-refractivity contribution in [1.82, 2.24) is 20.4 Å². The monoisotopic (exact) mass is 704 g/mol. The highest BCUT2D eigenvalue weighted by Gasteiger charge is 2.61. The average molecular weight is 705 g/mol. The lowest BCUT2D eigenvalue weighted by molar-refractivity contribution is -0.145. The van der Waals surface area contributed by atoms with Crippen molar-refractivity contribution < 1.29 is 51.7 Å². The number of carbonyl (C=O) groups is 5. The molecule has 3 heterocycles. The molecule has 0 spiro atoms. The third kappa shape index (κ3) is 7.70. The van der Waals surface area contributed by atoms with Gasteiger partial charge in [-0.25, -0.2) is 14.4 Å². The first kappa shape index (κ1) is 35.5. The van der Waals surface area contributed by atoms with Gasteiger partial charge in [-0.1, -0.05) is 37.1 Å². The maximum Gasteiger partial charge on any atom is 0.416 e. The van der Waals surface area contributed by atoms with Gasteiger partial charge >= 0.3 is 24.3 Å². The summed E-state index contributed by atoms with van der Waals surface area (Å²) < 4.78 is 52.5. The van der Waals surface area contributed by atoms with Crippen molar-refractivity contribution in [3.8, 4) is 0 Å². The fourth-order valence-corrected chi connectivity index (χ4v) is 7.70. The number of nitrogens with zero attached hydrogens (tertiary/aromatic N) is 2. The molecule has 0 radical (unpaired) electrons. The summed E-state index contributed by atoms with van der Waals surface area (Å²) in [6, 6.07) is 1.61. The number of amides is 4. The van der Waals surface area contributed by atoms with Crippen LogP contribution < -0.4 is 10.6 Å². The van der Waals surface area contributed by atoms with Crippen LogP contribution in [0.4, 0.5) is 22.8 Å². The van der Waals surface area contributed by atoms with Crippen LogP contribution in [0.3, 0.4) is 0 Å². The minimum absolute atomic E-state index is 0.0118. The van der Waals surface area contributed by atoms with Gasteiger partial charge in [-0.3, -0.25) is 9.59 Å². The van der Waals surface area contributed by atoms with Crippen LogP contribution in [0.5, 0.6) is 0 Å². The van der Waals surface area contributed by atoms with E-state index in [2.05, 4.69) is 10.6 Å². The molecule has 6 rings (SSSR count). The lowest BCUT2D eigenvalue weighted by Gasteiger charge is -2.31. The van der Waals surface area contributed by atoms with Gasteiger partial charge in [-0.15, -0.1) is 0 Å². The van der Waals surface area contributed by atoms with Crippen LogP contribution in [0.1, 0.15) is 87.3 Å². The smallest absolute Gasteiger partial charge is 0.416 e. The third-order valence-electron chi connectivity index (χ3n) is 10.6. The van der Waals surface area contributed by atoms with E-state index in [0.717, 1.165) is 44.6 Å². The number of carboxylic acid groups (broad SMARTS) is 1. The Hall–Kier alpha value is -4.30. The number of ether oxygens (including phenoxy) is 2. The van der Waals surface area contributed by atoms with Crippen molar-refractivity contribution in [2.75, 3.05) is 13.1 Å². The average Bonchev–Trinajstić information content (AvgIpc) is 3.35. The van der Waals surface area contributed by atoms with Crippen molar-refractivity contribution in [3.05, 3.63) is 47.0 Å². The van der Waals surface area contributed by atoms with E-state index in [4.69, 9.17) is 9.47 Å². The molecular weight excluding hydrogens is 661 g/mol. The topological polar surface area (TPSA) is 155 Å². The molecule has 5 atom stereocenters. The fraction of sp³-hybridized carbons (Fsp3) is 0.629. The van der Waals surface area contributed by atoms with Gasteiger partial charge in [0, 0.05) is 25.4 Å². The molecule has 1 saturated heterocycles. The van der Waals surface area contributed by atoms with Gasteiger partial charge in [0.1, 0.15) is 29.8 Å². The molecule has 1 aromatic rings. The van der Waals surface area contributed by atoms with Crippen LogP contribution in [-0.4, -0.2) is 87.8 Å². The molecule has 5 aliphatic rings. The standard InChI is InChI=1S/C35H43F3N4O8/c36-35(37,38)26-13-8-9-21-15-16-41(20-25(21)26)33(48)50-24-17-28-29(43)40-34(31(45)46)18-22(34)10-4-2-1-3-5-14-27(30(44)42(28)19-24)39-32(47)49-23-11-6-7-12-23/h4,8-10,13,22-24,27-28H,1-3,5-7,11-12,14-20H2,(H,39,47)(H,40,43)(H,45,46)/b10-4-/t22-,24-,27+,28?,34-/m1/s1. The number of alkyl carbamates (subject to hydrolysis) is 1. The van der Waals surface area contributed by atoms with Crippen LogP contribution in [0.25, 0.3) is 0 Å². The third-order valence-corrected chi connectivity index (χ3v) is 10.6. The van der Waals surface area contributed by atoms with Crippen LogP contribution in [0, 0.1) is 5.92 Å². The first-order valence-corrected chi connectivity index (χ1v) is 17.5. The lowest BCUT2D eigenvalue weighted by atomic mass is 9.95. The Labute approximate surface area is 287 Å². The van der Waals surface area contributed by atoms with Gasteiger partial charge in [-0.2, -0.15) is 13.2 Å². The minimum Gasteiger partial charge on any atom is -0.479 e. The van der Waals surface area contributed by atoms with Crippen molar-refractivity contribution in [1.29, 1.82) is 0 Å². The molecule has 3 fully saturated rings. The summed E-state index contributed by atoms with van der Waals surface area (Å²) in [6.07, 6.45) is 2.74. The molecule has 2 saturated carbocycles. The van der Waals surface area contributed by atoms with E-state index in [9.17, 15) is 42.3 Å². The quantitative estimate of drug-likeness (QED) is 0.382. The number of carbonyl (C=O) groups excluding carboxylic acids is 4. The lowest BCUT2D eigenvalue weighted by Crippen LogP contribution is -2.56. The Morgan fingerprint density at radius 1 is 1.00 bits per heavy atom. The summed E-state index contributed by atoms with van der Waals surface area (Å²) in [7, 11) is 0. The molecule has 15 heteroatoms. The fourth-order valence-electron chi connectivity index (χ4n) is 7.70. The van der Waals surface area contributed by atoms with E-state index in [0.29, 0.717) is 18.4 Å². The normalized spacial score (nSPS) is 29.7. The highest BCUT2D eigenvalue weighted by atomic mass is 19.4. The molecule has 0 bridgehead atoms. The Morgan fingerprint density at radius 3 is 2.50 bits per heavy atom. The number of hydrogen-bond donors (Lipinski definition) is 3. The summed E-state index contributed by atoms with van der Waals surface area (Å²) in [5.74, 6) is -2.98. The highest BCUT2D eigenvalue weighted by Crippen LogP contribution is 2.45. The summed E-state index contributed by atoms with van der Waals surface area (Å²) >= 11 is 0. The number of rotatable bonds is 4. The van der Waals surface area contributed by atoms with Crippen molar-refractivity contribution in [3.63, 3.8) is 0 Å². The van der Waals surface area contributed by atoms with E-state index >= 15 is 0 Å². The van der Waals surface area contributed by atoms with Crippen LogP contribution in [0.2, 0.25) is 0 Å². The summed E-state index contributed by atoms with van der Waals surface area (Å²) in [5.41, 5.74) is -1.89. The minimum atomic E-state index is -4.61. The van der Waals surface area contributed by atoms with Crippen molar-refractivity contribution in [2.45, 2.75) is 120 Å². The number of carboxylic acids is 1. The number of fused-ring (bicyclic) bond motifs is 3. The molecule has 4 amide bonds. The number of nitrogens with one attached hydrogen (secondary N) is 2. The predicted octanol–water partition coefficient (Wildman–Crippen LogP) is 4.69. The largest absolute Gasteiger partial charge is 0.479 e. The first-order chi connectivity index (χ1) is 23.9. The van der Waals surface area contributed by atoms with Crippen LogP contribution in [-0.2, 0) is 43.0 Å². The molecule has 50 heavy (non-hydrogen) atoms. The van der Waals surface area contributed by atoms with Crippen LogP contribution >= 0.6 is 0 Å². The molecular formula is C35H43F3N4O8. The van der Waals surface area contributed by atoms with Gasteiger partial charge in [0.15, 0.2) is 0 Å². The van der Waals surface area contributed by atoms with Gasteiger partial charge in [0.25, 0.3) is 0 Å². The zero-order valence-corrected chi connectivity index (χ0v) is 27.7. The van der Waals surface area contributed by atoms with Crippen molar-refractivity contribution in [2.24, 2.45) is 5.92 Å². The zero-order chi connectivity index (χ0) is 35.6. The van der Waals surface area contributed by atoms with Gasteiger partial charge in [-0.05, 0) is 75.0 Å². The molecule has 3 aliphatic heterocycles. The summed E-state index contributed by atoms with van der Waals surface area (Å²) in [6.45, 7) is -0.452. The van der Waals surface area contributed by atoms with E-state index in [-0.39, 0.29) is 57.0 Å². The summed E-state index contributed by atoms with van der Waals surface area (Å²) in [5, 5.41) is 15.4. The van der Waals surface area contributed by atoms with Crippen LogP contribution in [0.15, 0.2) is 30.4 Å². The molecule has 0 aromatic heterocycles. The molecule has 3 N–H and O–H groups in total. The number of allylic oxidation sites excluding steroid dienone is 1. The second-order valence-corrected chi connectivity index (χ2v) is 14.0. The van der Waals surface area contributed by atoms with Crippen molar-refractivity contribution >= 4 is 30.0 Å².